The Morgan fingerprint density at radius 3 is 2.56 bits per heavy atom. The molecule has 1 aromatic carbocycles. The summed E-state index contributed by atoms with van der Waals surface area (Å²) in [4.78, 5) is 0. The Hall–Kier alpha value is -1.68. The number of ether oxygens (including phenoxy) is 2. The number of halogens is 1. The van der Waals surface area contributed by atoms with E-state index in [2.05, 4.69) is 25.5 Å². The largest absolute Gasteiger partial charge is 0.497 e. The molecule has 0 amide bonds. The number of aromatic nitrogens is 2. The van der Waals surface area contributed by atoms with Crippen LogP contribution in [0.4, 0.5) is 0 Å². The van der Waals surface area contributed by atoms with Crippen LogP contribution in [0.2, 0.25) is 5.02 Å². The molecule has 1 heterocycles. The summed E-state index contributed by atoms with van der Waals surface area (Å²) in [7, 11) is 1.63. The maximum atomic E-state index is 6.19. The molecule has 0 atom stereocenters. The highest BCUT2D eigenvalue weighted by atomic mass is 35.5. The van der Waals surface area contributed by atoms with Crippen molar-refractivity contribution < 1.29 is 9.47 Å². The van der Waals surface area contributed by atoms with Gasteiger partial charge in [-0.15, -0.1) is 0 Å². The molecule has 0 aliphatic carbocycles. The van der Waals surface area contributed by atoms with Gasteiger partial charge in [0.05, 0.1) is 24.4 Å². The van der Waals surface area contributed by atoms with E-state index in [1.807, 2.05) is 12.1 Å². The van der Waals surface area contributed by atoms with Crippen molar-refractivity contribution in [3.63, 3.8) is 0 Å². The molecule has 0 bridgehead atoms. The summed E-state index contributed by atoms with van der Waals surface area (Å²) < 4.78 is 13.1. The normalized spacial score (nSPS) is 11.0. The van der Waals surface area contributed by atoms with Gasteiger partial charge in [0.25, 0.3) is 0 Å². The molecule has 0 aliphatic rings. The summed E-state index contributed by atoms with van der Waals surface area (Å²) >= 11 is 6.19. The topological polar surface area (TPSA) is 36.3 Å². The quantitative estimate of drug-likeness (QED) is 0.407. The second-order valence-corrected chi connectivity index (χ2v) is 7.44. The van der Waals surface area contributed by atoms with Gasteiger partial charge in [0, 0.05) is 18.3 Å². The van der Waals surface area contributed by atoms with Crippen molar-refractivity contribution in [2.24, 2.45) is 0 Å². The Morgan fingerprint density at radius 2 is 1.85 bits per heavy atom. The highest BCUT2D eigenvalue weighted by Crippen LogP contribution is 2.28. The fourth-order valence-corrected chi connectivity index (χ4v) is 3.51. The van der Waals surface area contributed by atoms with E-state index >= 15 is 0 Å². The zero-order chi connectivity index (χ0) is 19.6. The van der Waals surface area contributed by atoms with Crippen molar-refractivity contribution in [1.82, 2.24) is 9.78 Å². The minimum absolute atomic E-state index is 0.598. The van der Waals surface area contributed by atoms with Crippen LogP contribution in [0.15, 0.2) is 18.2 Å². The highest BCUT2D eigenvalue weighted by Gasteiger charge is 2.10. The van der Waals surface area contributed by atoms with Crippen molar-refractivity contribution in [3.8, 4) is 11.5 Å². The first-order valence-corrected chi connectivity index (χ1v) is 10.4. The number of benzene rings is 1. The fraction of sp³-hybridized carbons (Fsp3) is 0.591. The summed E-state index contributed by atoms with van der Waals surface area (Å²) in [6, 6.07) is 5.51. The molecule has 2 rings (SSSR count). The van der Waals surface area contributed by atoms with Crippen LogP contribution in [0.25, 0.3) is 0 Å². The van der Waals surface area contributed by atoms with Gasteiger partial charge in [0.1, 0.15) is 11.5 Å². The smallest absolute Gasteiger partial charge is 0.138 e. The molecule has 5 heteroatoms. The number of methoxy groups -OCH3 is 1. The van der Waals surface area contributed by atoms with E-state index < -0.39 is 0 Å². The molecule has 4 nitrogen and oxygen atoms in total. The fourth-order valence-electron chi connectivity index (χ4n) is 3.29. The molecule has 0 saturated heterocycles. The van der Waals surface area contributed by atoms with Crippen LogP contribution in [0.5, 0.6) is 11.5 Å². The third-order valence-electron chi connectivity index (χ3n) is 4.97. The maximum Gasteiger partial charge on any atom is 0.138 e. The first-order chi connectivity index (χ1) is 13.1. The Kier molecular flexibility index (Phi) is 8.99. The number of rotatable bonds is 12. The van der Waals surface area contributed by atoms with Crippen molar-refractivity contribution >= 4 is 11.6 Å². The molecule has 0 N–H and O–H groups in total. The SMILES string of the molecule is CCCCn1nc(C)c(CCCCCCOc2ccc(OC)cc2Cl)c1C. The van der Waals surface area contributed by atoms with E-state index in [9.17, 15) is 0 Å². The first kappa shape index (κ1) is 21.6. The van der Waals surface area contributed by atoms with Crippen molar-refractivity contribution in [3.05, 3.63) is 40.2 Å². The monoisotopic (exact) mass is 392 g/mol. The molecule has 0 aliphatic heterocycles. The van der Waals surface area contributed by atoms with Gasteiger partial charge in [-0.05, 0) is 57.2 Å². The molecule has 1 aromatic heterocycles. The van der Waals surface area contributed by atoms with Crippen LogP contribution in [0.1, 0.15) is 62.4 Å². The second-order valence-electron chi connectivity index (χ2n) is 7.04. The van der Waals surface area contributed by atoms with Gasteiger partial charge in [-0.1, -0.05) is 37.8 Å². The van der Waals surface area contributed by atoms with Gasteiger partial charge in [0.2, 0.25) is 0 Å². The zero-order valence-electron chi connectivity index (χ0n) is 17.2. The van der Waals surface area contributed by atoms with Crippen molar-refractivity contribution in [2.75, 3.05) is 13.7 Å². The van der Waals surface area contributed by atoms with Crippen molar-refractivity contribution in [2.45, 2.75) is 72.3 Å². The van der Waals surface area contributed by atoms with E-state index in [1.165, 1.54) is 42.6 Å². The molecule has 0 spiro atoms. The molecule has 0 radical (unpaired) electrons. The van der Waals surface area contributed by atoms with Crippen molar-refractivity contribution in [1.29, 1.82) is 0 Å². The van der Waals surface area contributed by atoms with E-state index in [0.717, 1.165) is 37.3 Å². The van der Waals surface area contributed by atoms with E-state index in [0.29, 0.717) is 11.6 Å². The molecule has 0 saturated carbocycles. The Labute approximate surface area is 168 Å². The molecule has 27 heavy (non-hydrogen) atoms. The average molecular weight is 393 g/mol. The van der Waals surface area contributed by atoms with Gasteiger partial charge in [-0.3, -0.25) is 4.68 Å². The molecule has 2 aromatic rings. The number of nitrogens with zero attached hydrogens (tertiary/aromatic N) is 2. The van der Waals surface area contributed by atoms with Gasteiger partial charge in [-0.2, -0.15) is 5.10 Å². The summed E-state index contributed by atoms with van der Waals surface area (Å²) in [6.45, 7) is 8.29. The molecule has 0 fully saturated rings. The number of hydrogen-bond donors (Lipinski definition) is 0. The Morgan fingerprint density at radius 1 is 1.07 bits per heavy atom. The number of aryl methyl sites for hydroxylation is 2. The van der Waals surface area contributed by atoms with Crippen LogP contribution in [-0.2, 0) is 13.0 Å². The molecule has 0 unspecified atom stereocenters. The van der Waals surface area contributed by atoms with Crippen LogP contribution in [0, 0.1) is 13.8 Å². The van der Waals surface area contributed by atoms with Crippen LogP contribution < -0.4 is 9.47 Å². The van der Waals surface area contributed by atoms with E-state index in [1.54, 1.807) is 13.2 Å². The lowest BCUT2D eigenvalue weighted by Crippen LogP contribution is -2.02. The first-order valence-electron chi connectivity index (χ1n) is 10.1. The maximum absolute atomic E-state index is 6.19. The lowest BCUT2D eigenvalue weighted by Gasteiger charge is -2.09. The zero-order valence-corrected chi connectivity index (χ0v) is 17.9. The third-order valence-corrected chi connectivity index (χ3v) is 5.27. The van der Waals surface area contributed by atoms with Gasteiger partial charge in [-0.25, -0.2) is 0 Å². The summed E-state index contributed by atoms with van der Waals surface area (Å²) in [5, 5.41) is 5.30. The minimum atomic E-state index is 0.598. The van der Waals surface area contributed by atoms with Crippen LogP contribution in [-0.4, -0.2) is 23.5 Å². The lowest BCUT2D eigenvalue weighted by atomic mass is 10.0. The summed E-state index contributed by atoms with van der Waals surface area (Å²) in [5.41, 5.74) is 3.98. The van der Waals surface area contributed by atoms with Crippen LogP contribution in [0.3, 0.4) is 0 Å². The molecular weight excluding hydrogens is 360 g/mol. The summed E-state index contributed by atoms with van der Waals surface area (Å²) in [5.74, 6) is 1.47. The number of hydrogen-bond acceptors (Lipinski definition) is 3. The van der Waals surface area contributed by atoms with Gasteiger partial charge < -0.3 is 9.47 Å². The standard InChI is InChI=1S/C22H33ClN2O2/c1-5-6-14-25-18(3)20(17(2)24-25)11-9-7-8-10-15-27-22-13-12-19(26-4)16-21(22)23/h12-13,16H,5-11,14-15H2,1-4H3. The predicted octanol–water partition coefficient (Wildman–Crippen LogP) is 6.14. The summed E-state index contributed by atoms with van der Waals surface area (Å²) in [6.07, 6.45) is 8.13. The third kappa shape index (κ3) is 6.46. The predicted molar refractivity (Wildman–Crippen MR) is 112 cm³/mol. The average Bonchev–Trinajstić information content (AvgIpc) is 2.93. The van der Waals surface area contributed by atoms with E-state index in [-0.39, 0.29) is 0 Å². The Balaban J connectivity index is 1.66. The Bertz CT molecular complexity index is 713. The second kappa shape index (κ2) is 11.2. The van der Waals surface area contributed by atoms with Crippen LogP contribution >= 0.6 is 11.6 Å². The minimum Gasteiger partial charge on any atom is -0.497 e. The van der Waals surface area contributed by atoms with E-state index in [4.69, 9.17) is 26.2 Å². The van der Waals surface area contributed by atoms with Gasteiger partial charge in [0.15, 0.2) is 0 Å². The number of unbranched alkanes of at least 4 members (excludes halogenated alkanes) is 4. The molecule has 150 valence electrons. The van der Waals surface area contributed by atoms with Gasteiger partial charge >= 0.3 is 0 Å². The highest BCUT2D eigenvalue weighted by molar-refractivity contribution is 6.32. The molecular formula is C22H33ClN2O2. The lowest BCUT2D eigenvalue weighted by molar-refractivity contribution is 0.304.